The van der Waals surface area contributed by atoms with Gasteiger partial charge in [0.15, 0.2) is 0 Å². The first-order valence-corrected chi connectivity index (χ1v) is 18.6. The maximum Gasteiger partial charge on any atom is 0.408 e. The van der Waals surface area contributed by atoms with Gasteiger partial charge in [0.05, 0.1) is 19.8 Å². The standard InChI is InChI=1S/C35H49N5O10S/c1-9-21-18-35(21,31(43)39-51(45,46)50-22-10-11-22)38-28(41)26-17-24(48-29-25-13-12-23(47-8)16-20(25)14-15-36-29)19-40(26)30(42)27(33(2,3)4)37-32(44)49-34(5,6)7/h12-16,21-22,24,26-27H,9-11,17-19H2,1-8H3,(H,37,44)(H,38,41)(H,39,43)/t21?,24-,26+,27-,35-/m1/s1. The molecule has 1 aromatic carbocycles. The van der Waals surface area contributed by atoms with Crippen molar-refractivity contribution in [3.8, 4) is 11.6 Å². The third kappa shape index (κ3) is 9.01. The van der Waals surface area contributed by atoms with Crippen LogP contribution in [0.3, 0.4) is 0 Å². The molecule has 2 aromatic rings. The number of hydrogen-bond acceptors (Lipinski definition) is 11. The minimum atomic E-state index is -4.39. The molecule has 1 unspecified atom stereocenters. The number of fused-ring (bicyclic) bond motifs is 1. The van der Waals surface area contributed by atoms with Gasteiger partial charge in [0.1, 0.15) is 35.1 Å². The third-order valence-corrected chi connectivity index (χ3v) is 10.2. The van der Waals surface area contributed by atoms with E-state index in [9.17, 15) is 27.6 Å². The summed E-state index contributed by atoms with van der Waals surface area (Å²) in [5, 5.41) is 7.00. The average Bonchev–Trinajstić information content (AvgIpc) is 3.94. The quantitative estimate of drug-likeness (QED) is 0.290. The molecule has 5 atom stereocenters. The first-order valence-electron chi connectivity index (χ1n) is 17.2. The van der Waals surface area contributed by atoms with Crippen LogP contribution in [-0.2, 0) is 33.6 Å². The van der Waals surface area contributed by atoms with Crippen LogP contribution in [0.2, 0.25) is 0 Å². The van der Waals surface area contributed by atoms with Gasteiger partial charge in [-0.25, -0.2) is 14.5 Å². The number of nitrogens with one attached hydrogen (secondary N) is 3. The molecule has 3 N–H and O–H groups in total. The summed E-state index contributed by atoms with van der Waals surface area (Å²) in [6, 6.07) is 4.96. The normalized spacial score (nSPS) is 24.0. The molecule has 280 valence electrons. The highest BCUT2D eigenvalue weighted by molar-refractivity contribution is 7.85. The van der Waals surface area contributed by atoms with E-state index in [1.165, 1.54) is 4.90 Å². The van der Waals surface area contributed by atoms with Crippen molar-refractivity contribution in [1.82, 2.24) is 25.2 Å². The number of pyridine rings is 1. The molecule has 51 heavy (non-hydrogen) atoms. The SMILES string of the molecule is CCC1C[C@]1(NC(=O)[C@@H]1C[C@@H](Oc2nccc3cc(OC)ccc23)CN1C(=O)[C@@H](NC(=O)OC(C)(C)C)C(C)(C)C)C(=O)NS(=O)(=O)OC1CC1. The molecule has 16 heteroatoms. The van der Waals surface area contributed by atoms with Gasteiger partial charge in [0, 0.05) is 18.0 Å². The number of carbonyl (C=O) groups is 4. The Kier molecular flexibility index (Phi) is 10.5. The Hall–Kier alpha value is -4.18. The summed E-state index contributed by atoms with van der Waals surface area (Å²) in [5.74, 6) is -1.53. The zero-order valence-corrected chi connectivity index (χ0v) is 31.2. The number of ether oxygens (including phenoxy) is 3. The number of aromatic nitrogens is 1. The predicted molar refractivity (Wildman–Crippen MR) is 186 cm³/mol. The van der Waals surface area contributed by atoms with Gasteiger partial charge in [0.2, 0.25) is 17.7 Å². The summed E-state index contributed by atoms with van der Waals surface area (Å²) >= 11 is 0. The number of benzene rings is 1. The monoisotopic (exact) mass is 731 g/mol. The van der Waals surface area contributed by atoms with E-state index in [1.54, 1.807) is 67.0 Å². The Morgan fingerprint density at radius 1 is 1.06 bits per heavy atom. The molecule has 2 aliphatic carbocycles. The van der Waals surface area contributed by atoms with Crippen molar-refractivity contribution < 1.29 is 46.0 Å². The first-order chi connectivity index (χ1) is 23.7. The van der Waals surface area contributed by atoms with Gasteiger partial charge in [-0.15, -0.1) is 0 Å². The van der Waals surface area contributed by atoms with Crippen LogP contribution in [0.25, 0.3) is 10.8 Å². The topological polar surface area (TPSA) is 192 Å². The Morgan fingerprint density at radius 2 is 1.76 bits per heavy atom. The molecule has 0 spiro atoms. The van der Waals surface area contributed by atoms with Crippen molar-refractivity contribution in [2.75, 3.05) is 13.7 Å². The van der Waals surface area contributed by atoms with Gasteiger partial charge in [-0.05, 0) is 81.0 Å². The Balaban J connectivity index is 1.43. The fourth-order valence-corrected chi connectivity index (χ4v) is 7.32. The van der Waals surface area contributed by atoms with Crippen LogP contribution < -0.4 is 24.8 Å². The maximum atomic E-state index is 14.4. The van der Waals surface area contributed by atoms with Crippen LogP contribution in [-0.4, -0.2) is 91.2 Å². The lowest BCUT2D eigenvalue weighted by Gasteiger charge is -2.36. The summed E-state index contributed by atoms with van der Waals surface area (Å²) in [6.07, 6.45) is 1.45. The highest BCUT2D eigenvalue weighted by Crippen LogP contribution is 2.46. The van der Waals surface area contributed by atoms with Crippen LogP contribution >= 0.6 is 0 Å². The molecule has 0 bridgehead atoms. The molecule has 3 aliphatic rings. The summed E-state index contributed by atoms with van der Waals surface area (Å²) in [7, 11) is -2.83. The number of alkyl carbamates (subject to hydrolysis) is 1. The minimum absolute atomic E-state index is 0.0205. The number of methoxy groups -OCH3 is 1. The zero-order valence-electron chi connectivity index (χ0n) is 30.4. The highest BCUT2D eigenvalue weighted by Gasteiger charge is 2.62. The summed E-state index contributed by atoms with van der Waals surface area (Å²) < 4.78 is 49.2. The number of likely N-dealkylation sites (tertiary alicyclic amines) is 1. The first kappa shape index (κ1) is 38.1. The third-order valence-electron chi connectivity index (χ3n) is 9.19. The lowest BCUT2D eigenvalue weighted by molar-refractivity contribution is -0.143. The van der Waals surface area contributed by atoms with E-state index < -0.39 is 75.0 Å². The fourth-order valence-electron chi connectivity index (χ4n) is 6.31. The molecular formula is C35H49N5O10S. The van der Waals surface area contributed by atoms with E-state index >= 15 is 0 Å². The molecule has 2 saturated carbocycles. The Bertz CT molecular complexity index is 1780. The van der Waals surface area contributed by atoms with Crippen molar-refractivity contribution in [2.24, 2.45) is 11.3 Å². The molecule has 2 heterocycles. The fraction of sp³-hybridized carbons (Fsp3) is 0.629. The second-order valence-electron chi connectivity index (χ2n) is 15.6. The number of hydrogen-bond donors (Lipinski definition) is 3. The van der Waals surface area contributed by atoms with Crippen LogP contribution in [0.4, 0.5) is 4.79 Å². The van der Waals surface area contributed by atoms with Crippen molar-refractivity contribution in [1.29, 1.82) is 0 Å². The minimum Gasteiger partial charge on any atom is -0.497 e. The van der Waals surface area contributed by atoms with E-state index in [1.807, 2.05) is 23.8 Å². The molecule has 4 amide bonds. The van der Waals surface area contributed by atoms with Crippen molar-refractivity contribution in [3.05, 3.63) is 30.5 Å². The van der Waals surface area contributed by atoms with Crippen LogP contribution in [0.15, 0.2) is 30.5 Å². The number of amides is 4. The average molecular weight is 732 g/mol. The molecule has 5 rings (SSSR count). The summed E-state index contributed by atoms with van der Waals surface area (Å²) in [5.41, 5.74) is -3.16. The maximum absolute atomic E-state index is 14.4. The molecule has 3 fully saturated rings. The van der Waals surface area contributed by atoms with Crippen LogP contribution in [0.1, 0.15) is 80.6 Å². The highest BCUT2D eigenvalue weighted by atomic mass is 32.2. The lowest BCUT2D eigenvalue weighted by atomic mass is 9.85. The summed E-state index contributed by atoms with van der Waals surface area (Å²) in [4.78, 5) is 60.8. The van der Waals surface area contributed by atoms with E-state index in [2.05, 4.69) is 15.6 Å². The number of rotatable bonds is 12. The van der Waals surface area contributed by atoms with E-state index in [0.717, 1.165) is 5.39 Å². The van der Waals surface area contributed by atoms with Crippen molar-refractivity contribution in [2.45, 2.75) is 116 Å². The predicted octanol–water partition coefficient (Wildman–Crippen LogP) is 3.36. The van der Waals surface area contributed by atoms with Gasteiger partial charge in [-0.2, -0.15) is 8.42 Å². The smallest absolute Gasteiger partial charge is 0.408 e. The Labute approximate surface area is 298 Å². The zero-order chi connectivity index (χ0) is 37.5. The second-order valence-corrected chi connectivity index (χ2v) is 16.9. The van der Waals surface area contributed by atoms with E-state index in [-0.39, 0.29) is 31.2 Å². The molecule has 15 nitrogen and oxygen atoms in total. The Morgan fingerprint density at radius 3 is 2.35 bits per heavy atom. The molecule has 1 aromatic heterocycles. The number of carbonyl (C=O) groups excluding carboxylic acids is 4. The molecule has 1 aliphatic heterocycles. The van der Waals surface area contributed by atoms with Crippen LogP contribution in [0.5, 0.6) is 11.6 Å². The lowest BCUT2D eigenvalue weighted by Crippen LogP contribution is -2.60. The van der Waals surface area contributed by atoms with E-state index in [4.69, 9.17) is 18.4 Å². The van der Waals surface area contributed by atoms with Gasteiger partial charge in [-0.3, -0.25) is 18.6 Å². The largest absolute Gasteiger partial charge is 0.497 e. The van der Waals surface area contributed by atoms with Crippen LogP contribution in [0, 0.1) is 11.3 Å². The molecule has 0 radical (unpaired) electrons. The number of nitrogens with zero attached hydrogens (tertiary/aromatic N) is 2. The van der Waals surface area contributed by atoms with Gasteiger partial charge in [-0.1, -0.05) is 34.1 Å². The molecular weight excluding hydrogens is 682 g/mol. The van der Waals surface area contributed by atoms with Gasteiger partial charge >= 0.3 is 16.4 Å². The van der Waals surface area contributed by atoms with Gasteiger partial charge in [0.25, 0.3) is 5.91 Å². The van der Waals surface area contributed by atoms with Crippen molar-refractivity contribution >= 4 is 44.9 Å². The van der Waals surface area contributed by atoms with Crippen molar-refractivity contribution in [3.63, 3.8) is 0 Å². The van der Waals surface area contributed by atoms with E-state index in [0.29, 0.717) is 30.4 Å². The molecule has 1 saturated heterocycles. The summed E-state index contributed by atoms with van der Waals surface area (Å²) in [6.45, 7) is 12.2. The van der Waals surface area contributed by atoms with Gasteiger partial charge < -0.3 is 29.7 Å². The second kappa shape index (κ2) is 14.1.